The van der Waals surface area contributed by atoms with E-state index in [4.69, 9.17) is 4.74 Å². The number of hydrogen-bond acceptors (Lipinski definition) is 1. The predicted octanol–water partition coefficient (Wildman–Crippen LogP) is 2.09. The molecule has 0 bridgehead atoms. The van der Waals surface area contributed by atoms with E-state index in [1.54, 1.807) is 7.11 Å². The van der Waals surface area contributed by atoms with Crippen molar-refractivity contribution in [2.24, 2.45) is 7.05 Å². The number of halogens is 4. The van der Waals surface area contributed by atoms with Crippen LogP contribution in [0.2, 0.25) is 0 Å². The molecule has 0 N–H and O–H groups in total. The summed E-state index contributed by atoms with van der Waals surface area (Å²) >= 11 is 0. The van der Waals surface area contributed by atoms with Gasteiger partial charge in [-0.15, -0.1) is 0 Å². The second-order valence-electron chi connectivity index (χ2n) is 3.19. The number of ether oxygens (including phenoxy) is 1. The minimum absolute atomic E-state index is 0.121. The molecule has 1 atom stereocenters. The summed E-state index contributed by atoms with van der Waals surface area (Å²) in [5, 5.41) is 0. The maximum Gasteiger partial charge on any atom is 0.673 e. The monoisotopic (exact) mass is 242 g/mol. The van der Waals surface area contributed by atoms with Gasteiger partial charge in [-0.1, -0.05) is 0 Å². The Morgan fingerprint density at radius 1 is 1.38 bits per heavy atom. The first-order valence-electron chi connectivity index (χ1n) is 4.60. The van der Waals surface area contributed by atoms with Crippen molar-refractivity contribution >= 4 is 7.25 Å². The molecule has 0 aromatic carbocycles. The Kier molecular flexibility index (Phi) is 5.50. The van der Waals surface area contributed by atoms with Gasteiger partial charge in [0.25, 0.3) is 5.82 Å². The lowest BCUT2D eigenvalue weighted by atomic mass is 10.3. The SMILES string of the molecule is COC(C)n1cc[n+](C)c1C.F[B-](F)(F)F. The molecule has 1 rings (SSSR count). The molecule has 0 aliphatic rings. The highest BCUT2D eigenvalue weighted by Gasteiger charge is 2.20. The van der Waals surface area contributed by atoms with Crippen LogP contribution in [0.15, 0.2) is 12.4 Å². The average Bonchev–Trinajstić information content (AvgIpc) is 2.44. The normalized spacial score (nSPS) is 13.0. The molecule has 0 spiro atoms. The zero-order valence-electron chi connectivity index (χ0n) is 9.62. The standard InChI is InChI=1S/C8H15N2O.BF4/c1-7-9(3)5-6-10(7)8(2)11-4;2-1(3,4)5/h5-6,8H,1-4H3;/q+1;-1. The average molecular weight is 242 g/mol. The summed E-state index contributed by atoms with van der Waals surface area (Å²) < 4.78 is 48.3. The van der Waals surface area contributed by atoms with Crippen molar-refractivity contribution in [3.05, 3.63) is 18.2 Å². The molecule has 0 fully saturated rings. The van der Waals surface area contributed by atoms with Gasteiger partial charge < -0.3 is 22.0 Å². The van der Waals surface area contributed by atoms with Gasteiger partial charge in [-0.2, -0.15) is 0 Å². The number of hydrogen-bond donors (Lipinski definition) is 0. The Morgan fingerprint density at radius 3 is 2.06 bits per heavy atom. The molecular weight excluding hydrogens is 227 g/mol. The highest BCUT2D eigenvalue weighted by Crippen LogP contribution is 2.07. The van der Waals surface area contributed by atoms with E-state index >= 15 is 0 Å². The summed E-state index contributed by atoms with van der Waals surface area (Å²) in [6.07, 6.45) is 4.16. The molecule has 3 nitrogen and oxygen atoms in total. The summed E-state index contributed by atoms with van der Waals surface area (Å²) in [7, 11) is -2.27. The lowest BCUT2D eigenvalue weighted by molar-refractivity contribution is -0.677. The number of aromatic nitrogens is 2. The second-order valence-corrected chi connectivity index (χ2v) is 3.19. The number of aryl methyl sites for hydroxylation is 1. The van der Waals surface area contributed by atoms with Crippen LogP contribution in [0.1, 0.15) is 19.0 Å². The molecule has 8 heteroatoms. The van der Waals surface area contributed by atoms with Crippen LogP contribution in [0.4, 0.5) is 17.3 Å². The molecule has 1 unspecified atom stereocenters. The van der Waals surface area contributed by atoms with E-state index < -0.39 is 7.25 Å². The molecule has 1 aromatic heterocycles. The lowest BCUT2D eigenvalue weighted by Crippen LogP contribution is -2.30. The van der Waals surface area contributed by atoms with Crippen LogP contribution in [-0.4, -0.2) is 18.9 Å². The van der Waals surface area contributed by atoms with Crippen LogP contribution in [0.25, 0.3) is 0 Å². The summed E-state index contributed by atoms with van der Waals surface area (Å²) in [6, 6.07) is 0. The predicted molar refractivity (Wildman–Crippen MR) is 52.3 cm³/mol. The number of nitrogens with zero attached hydrogens (tertiary/aromatic N) is 2. The molecule has 16 heavy (non-hydrogen) atoms. The fraction of sp³-hybridized carbons (Fsp3) is 0.625. The van der Waals surface area contributed by atoms with E-state index in [0.717, 1.165) is 0 Å². The van der Waals surface area contributed by atoms with Crippen molar-refractivity contribution in [3.63, 3.8) is 0 Å². The molecule has 0 aliphatic heterocycles. The number of imidazole rings is 1. The third-order valence-electron chi connectivity index (χ3n) is 2.07. The van der Waals surface area contributed by atoms with Crippen LogP contribution in [0.3, 0.4) is 0 Å². The van der Waals surface area contributed by atoms with E-state index in [0.29, 0.717) is 0 Å². The molecule has 94 valence electrons. The zero-order valence-corrected chi connectivity index (χ0v) is 9.62. The van der Waals surface area contributed by atoms with Gasteiger partial charge >= 0.3 is 7.25 Å². The molecular formula is C8H15BF4N2O. The number of rotatable bonds is 2. The van der Waals surface area contributed by atoms with Gasteiger partial charge in [0, 0.05) is 21.0 Å². The van der Waals surface area contributed by atoms with E-state index in [-0.39, 0.29) is 6.23 Å². The molecule has 0 radical (unpaired) electrons. The van der Waals surface area contributed by atoms with Gasteiger partial charge in [0.05, 0.1) is 7.05 Å². The fourth-order valence-electron chi connectivity index (χ4n) is 1.07. The summed E-state index contributed by atoms with van der Waals surface area (Å²) in [4.78, 5) is 0. The quantitative estimate of drug-likeness (QED) is 0.441. The zero-order chi connectivity index (χ0) is 12.9. The van der Waals surface area contributed by atoms with Crippen molar-refractivity contribution < 1.29 is 26.6 Å². The van der Waals surface area contributed by atoms with Crippen LogP contribution in [0, 0.1) is 6.92 Å². The van der Waals surface area contributed by atoms with Crippen LogP contribution in [-0.2, 0) is 11.8 Å². The van der Waals surface area contributed by atoms with Crippen LogP contribution >= 0.6 is 0 Å². The van der Waals surface area contributed by atoms with Gasteiger partial charge in [-0.3, -0.25) is 0 Å². The second kappa shape index (κ2) is 5.88. The topological polar surface area (TPSA) is 18.0 Å². The van der Waals surface area contributed by atoms with Gasteiger partial charge in [0.2, 0.25) is 0 Å². The maximum absolute atomic E-state index is 9.75. The van der Waals surface area contributed by atoms with Crippen molar-refractivity contribution in [1.82, 2.24) is 4.57 Å². The first kappa shape index (κ1) is 15.0. The van der Waals surface area contributed by atoms with Gasteiger partial charge in [-0.05, 0) is 0 Å². The van der Waals surface area contributed by atoms with Gasteiger partial charge in [0.15, 0.2) is 6.23 Å². The summed E-state index contributed by atoms with van der Waals surface area (Å²) in [6.45, 7) is 4.09. The fourth-order valence-corrected chi connectivity index (χ4v) is 1.07. The van der Waals surface area contributed by atoms with E-state index in [1.165, 1.54) is 5.82 Å². The molecule has 0 aliphatic carbocycles. The molecule has 0 amide bonds. The third kappa shape index (κ3) is 5.74. The Labute approximate surface area is 91.7 Å². The molecule has 1 heterocycles. The smallest absolute Gasteiger partial charge is 0.418 e. The minimum atomic E-state index is -6.00. The first-order chi connectivity index (χ1) is 7.16. The minimum Gasteiger partial charge on any atom is -0.418 e. The lowest BCUT2D eigenvalue weighted by Gasteiger charge is -2.05. The maximum atomic E-state index is 9.75. The van der Waals surface area contributed by atoms with Crippen LogP contribution < -0.4 is 4.57 Å². The van der Waals surface area contributed by atoms with E-state index in [2.05, 4.69) is 16.1 Å². The number of methoxy groups -OCH3 is 1. The largest absolute Gasteiger partial charge is 0.673 e. The molecule has 0 saturated carbocycles. The first-order valence-corrected chi connectivity index (χ1v) is 4.60. The Hall–Kier alpha value is -1.05. The van der Waals surface area contributed by atoms with Crippen molar-refractivity contribution in [2.45, 2.75) is 20.1 Å². The summed E-state index contributed by atoms with van der Waals surface area (Å²) in [5.74, 6) is 1.19. The van der Waals surface area contributed by atoms with Gasteiger partial charge in [0.1, 0.15) is 12.4 Å². The van der Waals surface area contributed by atoms with Crippen molar-refractivity contribution in [3.8, 4) is 0 Å². The Morgan fingerprint density at radius 2 is 1.81 bits per heavy atom. The van der Waals surface area contributed by atoms with Crippen LogP contribution in [0.5, 0.6) is 0 Å². The third-order valence-corrected chi connectivity index (χ3v) is 2.07. The van der Waals surface area contributed by atoms with E-state index in [9.17, 15) is 17.3 Å². The van der Waals surface area contributed by atoms with Gasteiger partial charge in [-0.25, -0.2) is 9.13 Å². The highest BCUT2D eigenvalue weighted by atomic mass is 19.5. The molecule has 1 aromatic rings. The van der Waals surface area contributed by atoms with E-state index in [1.807, 2.05) is 26.4 Å². The Balaban J connectivity index is 0.000000385. The molecule has 0 saturated heterocycles. The van der Waals surface area contributed by atoms with Crippen molar-refractivity contribution in [1.29, 1.82) is 0 Å². The summed E-state index contributed by atoms with van der Waals surface area (Å²) in [5.41, 5.74) is 0. The van der Waals surface area contributed by atoms with Crippen molar-refractivity contribution in [2.75, 3.05) is 7.11 Å². The highest BCUT2D eigenvalue weighted by molar-refractivity contribution is 6.50. The Bertz CT molecular complexity index is 320.